The number of carbonyl (C=O) groups excluding carboxylic acids is 2. The van der Waals surface area contributed by atoms with Crippen molar-refractivity contribution in [2.24, 2.45) is 10.8 Å². The van der Waals surface area contributed by atoms with E-state index >= 15 is 0 Å². The first kappa shape index (κ1) is 12.2. The van der Waals surface area contributed by atoms with Gasteiger partial charge in [-0.3, -0.25) is 15.0 Å². The molecule has 5 nitrogen and oxygen atoms in total. The lowest BCUT2D eigenvalue weighted by atomic mass is 10.2. The van der Waals surface area contributed by atoms with Gasteiger partial charge in [0, 0.05) is 12.5 Å². The summed E-state index contributed by atoms with van der Waals surface area (Å²) in [5.74, 6) is -0.834. The second-order valence-corrected chi connectivity index (χ2v) is 3.37. The molecule has 0 aliphatic rings. The Morgan fingerprint density at radius 3 is 2.31 bits per heavy atom. The maximum absolute atomic E-state index is 10.8. The number of Topliss-reactive ketones (excluding diaryl/α,β-unsaturated/α-hetero) is 1. The lowest BCUT2D eigenvalue weighted by Gasteiger charge is -2.01. The molecule has 1 rings (SSSR count). The Bertz CT molecular complexity index is 440. The highest BCUT2D eigenvalue weighted by atomic mass is 35.5. The Labute approximate surface area is 97.3 Å². The van der Waals surface area contributed by atoms with Crippen LogP contribution in [0, 0.1) is 0 Å². The maximum Gasteiger partial charge on any atom is 0.248 e. The molecule has 0 saturated carbocycles. The molecule has 0 bridgehead atoms. The third kappa shape index (κ3) is 3.36. The minimum absolute atomic E-state index is 0.140. The van der Waals surface area contributed by atoms with Crippen molar-refractivity contribution in [3.63, 3.8) is 0 Å². The van der Waals surface area contributed by atoms with Crippen LogP contribution in [0.25, 0.3) is 0 Å². The van der Waals surface area contributed by atoms with Crippen molar-refractivity contribution in [2.75, 3.05) is 5.43 Å². The summed E-state index contributed by atoms with van der Waals surface area (Å²) in [6, 6.07) is 6.30. The molecule has 1 aromatic carbocycles. The Balaban J connectivity index is 2.73. The SMILES string of the molecule is CC(=O)/C(Cl)=N/Nc1ccc(C(N)=O)cc1. The molecule has 0 aliphatic heterocycles. The number of benzene rings is 1. The van der Waals surface area contributed by atoms with E-state index in [-0.39, 0.29) is 11.0 Å². The van der Waals surface area contributed by atoms with Gasteiger partial charge in [-0.05, 0) is 24.3 Å². The number of nitrogens with one attached hydrogen (secondary N) is 1. The van der Waals surface area contributed by atoms with Crippen LogP contribution in [0.5, 0.6) is 0 Å². The number of hydrogen-bond acceptors (Lipinski definition) is 4. The number of anilines is 1. The first-order valence-corrected chi connectivity index (χ1v) is 4.78. The van der Waals surface area contributed by atoms with E-state index in [1.807, 2.05) is 0 Å². The van der Waals surface area contributed by atoms with Crippen molar-refractivity contribution in [2.45, 2.75) is 6.92 Å². The number of nitrogens with zero attached hydrogens (tertiary/aromatic N) is 1. The van der Waals surface area contributed by atoms with Crippen molar-refractivity contribution in [3.8, 4) is 0 Å². The summed E-state index contributed by atoms with van der Waals surface area (Å²) in [7, 11) is 0. The molecule has 0 saturated heterocycles. The number of halogens is 1. The van der Waals surface area contributed by atoms with E-state index in [4.69, 9.17) is 17.3 Å². The predicted octanol–water partition coefficient (Wildman–Crippen LogP) is 1.34. The third-order valence-corrected chi connectivity index (χ3v) is 2.09. The number of hydrazone groups is 1. The average molecular weight is 240 g/mol. The number of amides is 1. The molecule has 0 aromatic heterocycles. The lowest BCUT2D eigenvalue weighted by Crippen LogP contribution is -2.10. The second kappa shape index (κ2) is 5.27. The van der Waals surface area contributed by atoms with Gasteiger partial charge in [0.2, 0.25) is 5.91 Å². The van der Waals surface area contributed by atoms with Crippen molar-refractivity contribution < 1.29 is 9.59 Å². The largest absolute Gasteiger partial charge is 0.366 e. The standard InChI is InChI=1S/C10H10ClN3O2/c1-6(15)9(11)14-13-8-4-2-7(3-5-8)10(12)16/h2-5,13H,1H3,(H2,12,16)/b14-9-. The van der Waals surface area contributed by atoms with Crippen LogP contribution in [-0.2, 0) is 4.79 Å². The van der Waals surface area contributed by atoms with E-state index in [2.05, 4.69) is 10.5 Å². The minimum atomic E-state index is -0.503. The highest BCUT2D eigenvalue weighted by Crippen LogP contribution is 2.09. The van der Waals surface area contributed by atoms with Crippen molar-refractivity contribution >= 4 is 34.1 Å². The van der Waals surface area contributed by atoms with Gasteiger partial charge in [-0.25, -0.2) is 0 Å². The summed E-state index contributed by atoms with van der Waals surface area (Å²) in [5, 5.41) is 3.49. The van der Waals surface area contributed by atoms with E-state index in [1.165, 1.54) is 6.92 Å². The molecule has 0 fully saturated rings. The topological polar surface area (TPSA) is 84.6 Å². The zero-order valence-corrected chi connectivity index (χ0v) is 9.28. The van der Waals surface area contributed by atoms with Crippen LogP contribution in [0.1, 0.15) is 17.3 Å². The molecule has 0 atom stereocenters. The average Bonchev–Trinajstić information content (AvgIpc) is 2.26. The van der Waals surface area contributed by atoms with E-state index < -0.39 is 5.91 Å². The number of rotatable bonds is 4. The van der Waals surface area contributed by atoms with Gasteiger partial charge in [-0.1, -0.05) is 11.6 Å². The van der Waals surface area contributed by atoms with Gasteiger partial charge >= 0.3 is 0 Å². The Hall–Kier alpha value is -1.88. The lowest BCUT2D eigenvalue weighted by molar-refractivity contribution is -0.110. The van der Waals surface area contributed by atoms with Crippen LogP contribution in [0.3, 0.4) is 0 Å². The summed E-state index contributed by atoms with van der Waals surface area (Å²) in [4.78, 5) is 21.5. The molecule has 6 heteroatoms. The van der Waals surface area contributed by atoms with Gasteiger partial charge in [0.05, 0.1) is 5.69 Å². The zero-order chi connectivity index (χ0) is 12.1. The third-order valence-electron chi connectivity index (χ3n) is 1.74. The Kier molecular flexibility index (Phi) is 4.02. The molecule has 1 amide bonds. The monoisotopic (exact) mass is 239 g/mol. The van der Waals surface area contributed by atoms with E-state index in [0.29, 0.717) is 11.3 Å². The van der Waals surface area contributed by atoms with Gasteiger partial charge in [-0.15, -0.1) is 0 Å². The number of primary amides is 1. The van der Waals surface area contributed by atoms with Crippen molar-refractivity contribution in [3.05, 3.63) is 29.8 Å². The molecule has 0 unspecified atom stereocenters. The van der Waals surface area contributed by atoms with Crippen molar-refractivity contribution in [1.29, 1.82) is 0 Å². The predicted molar refractivity (Wildman–Crippen MR) is 62.6 cm³/mol. The summed E-state index contributed by atoms with van der Waals surface area (Å²) in [6.07, 6.45) is 0. The van der Waals surface area contributed by atoms with Crippen LogP contribution in [0.4, 0.5) is 5.69 Å². The molecule has 1 aromatic rings. The highest BCUT2D eigenvalue weighted by Gasteiger charge is 2.01. The fourth-order valence-electron chi connectivity index (χ4n) is 0.901. The molecule has 0 heterocycles. The normalized spacial score (nSPS) is 11.0. The number of ketones is 1. The van der Waals surface area contributed by atoms with Gasteiger partial charge in [0.15, 0.2) is 11.0 Å². The van der Waals surface area contributed by atoms with Crippen LogP contribution < -0.4 is 11.2 Å². The number of carbonyl (C=O) groups is 2. The van der Waals surface area contributed by atoms with Crippen LogP contribution in [-0.4, -0.2) is 16.9 Å². The van der Waals surface area contributed by atoms with Crippen LogP contribution in [0.2, 0.25) is 0 Å². The molecular formula is C10H10ClN3O2. The molecule has 84 valence electrons. The minimum Gasteiger partial charge on any atom is -0.366 e. The maximum atomic E-state index is 10.8. The molecule has 3 N–H and O–H groups in total. The van der Waals surface area contributed by atoms with E-state index in [9.17, 15) is 9.59 Å². The quantitative estimate of drug-likeness (QED) is 0.614. The fourth-order valence-corrected chi connectivity index (χ4v) is 0.944. The Morgan fingerprint density at radius 1 is 1.31 bits per heavy atom. The summed E-state index contributed by atoms with van der Waals surface area (Å²) in [5.41, 5.74) is 8.64. The molecule has 0 aliphatic carbocycles. The molecule has 16 heavy (non-hydrogen) atoms. The first-order chi connectivity index (χ1) is 7.50. The Morgan fingerprint density at radius 2 is 1.88 bits per heavy atom. The summed E-state index contributed by atoms with van der Waals surface area (Å²) < 4.78 is 0. The van der Waals surface area contributed by atoms with Crippen LogP contribution >= 0.6 is 11.6 Å². The first-order valence-electron chi connectivity index (χ1n) is 4.40. The van der Waals surface area contributed by atoms with Gasteiger partial charge < -0.3 is 5.73 Å². The number of nitrogens with two attached hydrogens (primary N) is 1. The fraction of sp³-hybridized carbons (Fsp3) is 0.100. The summed E-state index contributed by atoms with van der Waals surface area (Å²) in [6.45, 7) is 1.31. The smallest absolute Gasteiger partial charge is 0.248 e. The second-order valence-electron chi connectivity index (χ2n) is 3.01. The van der Waals surface area contributed by atoms with E-state index in [1.54, 1.807) is 24.3 Å². The van der Waals surface area contributed by atoms with Gasteiger partial charge in [0.1, 0.15) is 0 Å². The molecule has 0 radical (unpaired) electrons. The molecular weight excluding hydrogens is 230 g/mol. The highest BCUT2D eigenvalue weighted by molar-refractivity contribution is 6.82. The van der Waals surface area contributed by atoms with E-state index in [0.717, 1.165) is 0 Å². The van der Waals surface area contributed by atoms with Gasteiger partial charge in [0.25, 0.3) is 0 Å². The van der Waals surface area contributed by atoms with Crippen molar-refractivity contribution in [1.82, 2.24) is 0 Å². The zero-order valence-electron chi connectivity index (χ0n) is 8.53. The summed E-state index contributed by atoms with van der Waals surface area (Å²) >= 11 is 5.51. The molecule has 0 spiro atoms. The van der Waals surface area contributed by atoms with Crippen LogP contribution in [0.15, 0.2) is 29.4 Å². The number of hydrogen-bond donors (Lipinski definition) is 2. The van der Waals surface area contributed by atoms with Gasteiger partial charge in [-0.2, -0.15) is 5.10 Å².